The monoisotopic (exact) mass is 1210 g/mol. The van der Waals surface area contributed by atoms with Gasteiger partial charge in [0, 0.05) is 12.8 Å². The molecule has 9 heteroatoms. The number of carbonyl (C=O) groups is 3. The molecule has 0 aliphatic carbocycles. The molecular formula is C77H144NO8+. The Morgan fingerprint density at radius 2 is 0.663 bits per heavy atom. The summed E-state index contributed by atoms with van der Waals surface area (Å²) in [5.41, 5.74) is 0. The maximum atomic E-state index is 12.9. The minimum absolute atomic E-state index is 0.181. The molecule has 0 rings (SSSR count). The highest BCUT2D eigenvalue weighted by atomic mass is 16.7. The summed E-state index contributed by atoms with van der Waals surface area (Å²) in [6.07, 6.45) is 85.5. The number of hydrogen-bond donors (Lipinski definition) is 1. The van der Waals surface area contributed by atoms with Crippen LogP contribution in [0.15, 0.2) is 48.6 Å². The van der Waals surface area contributed by atoms with Crippen LogP contribution in [0.5, 0.6) is 0 Å². The second-order valence-electron chi connectivity index (χ2n) is 26.6. The van der Waals surface area contributed by atoms with Gasteiger partial charge in [0.05, 0.1) is 34.4 Å². The molecule has 0 amide bonds. The molecule has 0 aromatic rings. The number of aliphatic carboxylic acids is 1. The van der Waals surface area contributed by atoms with Gasteiger partial charge < -0.3 is 28.5 Å². The van der Waals surface area contributed by atoms with E-state index in [9.17, 15) is 19.5 Å². The predicted molar refractivity (Wildman–Crippen MR) is 369 cm³/mol. The standard InChI is InChI=1S/C77H143NO8/c1-6-8-10-12-14-16-18-20-22-24-26-28-30-31-32-33-34-35-36-37-38-39-40-41-42-43-44-46-47-49-51-53-55-57-59-61-63-65-67-74(79)84-71-73(72-85-77(76(81)82)83-70-69-78(3,4)5)86-75(80)68-66-64-62-60-58-56-54-52-50-48-45-29-27-25-23-21-19-17-15-13-11-9-7-2/h9,11,15,17,21,23,27,29,73,77H,6-8,10,12-14,16,18-20,22,24-26,28,30-72H2,1-5H3/p+1/b11-9-,17-15-,23-21-,29-27-. The molecule has 504 valence electrons. The van der Waals surface area contributed by atoms with E-state index in [1.54, 1.807) is 0 Å². The van der Waals surface area contributed by atoms with Gasteiger partial charge in [-0.25, -0.2) is 4.79 Å². The van der Waals surface area contributed by atoms with Gasteiger partial charge in [-0.2, -0.15) is 0 Å². The van der Waals surface area contributed by atoms with Crippen molar-refractivity contribution in [2.24, 2.45) is 0 Å². The minimum atomic E-state index is -1.51. The number of quaternary nitrogens is 1. The van der Waals surface area contributed by atoms with E-state index >= 15 is 0 Å². The molecule has 0 saturated carbocycles. The second-order valence-corrected chi connectivity index (χ2v) is 26.6. The number of likely N-dealkylation sites (N-methyl/N-ethyl adjacent to an activating group) is 1. The largest absolute Gasteiger partial charge is 0.477 e. The van der Waals surface area contributed by atoms with Crippen molar-refractivity contribution in [1.29, 1.82) is 0 Å². The predicted octanol–water partition coefficient (Wildman–Crippen LogP) is 23.3. The molecule has 0 spiro atoms. The number of carboxylic acids is 1. The molecule has 0 radical (unpaired) electrons. The molecular weight excluding hydrogens is 1070 g/mol. The number of nitrogens with zero attached hydrogens (tertiary/aromatic N) is 1. The highest BCUT2D eigenvalue weighted by Crippen LogP contribution is 2.19. The Kier molecular flexibility index (Phi) is 66.0. The number of esters is 2. The third-order valence-corrected chi connectivity index (χ3v) is 16.8. The van der Waals surface area contributed by atoms with Crippen molar-refractivity contribution in [3.8, 4) is 0 Å². The maximum absolute atomic E-state index is 12.9. The summed E-state index contributed by atoms with van der Waals surface area (Å²) in [6.45, 7) is 4.82. The molecule has 1 N–H and O–H groups in total. The smallest absolute Gasteiger partial charge is 0.361 e. The molecule has 0 aromatic heterocycles. The Bertz CT molecular complexity index is 1550. The fraction of sp³-hybridized carbons (Fsp3) is 0.857. The van der Waals surface area contributed by atoms with Crippen LogP contribution in [0.25, 0.3) is 0 Å². The van der Waals surface area contributed by atoms with Crippen LogP contribution in [0.3, 0.4) is 0 Å². The zero-order valence-electron chi connectivity index (χ0n) is 57.7. The fourth-order valence-corrected chi connectivity index (χ4v) is 11.2. The van der Waals surface area contributed by atoms with Crippen molar-refractivity contribution in [1.82, 2.24) is 0 Å². The Balaban J connectivity index is 3.96. The first kappa shape index (κ1) is 83.2. The van der Waals surface area contributed by atoms with Crippen molar-refractivity contribution in [2.75, 3.05) is 47.5 Å². The number of ether oxygens (including phenoxy) is 4. The third-order valence-electron chi connectivity index (χ3n) is 16.8. The first-order valence-electron chi connectivity index (χ1n) is 37.3. The van der Waals surface area contributed by atoms with Gasteiger partial charge in [0.2, 0.25) is 0 Å². The van der Waals surface area contributed by atoms with E-state index < -0.39 is 24.3 Å². The summed E-state index contributed by atoms with van der Waals surface area (Å²) in [4.78, 5) is 37.6. The van der Waals surface area contributed by atoms with Gasteiger partial charge in [0.15, 0.2) is 6.10 Å². The van der Waals surface area contributed by atoms with Crippen molar-refractivity contribution in [3.05, 3.63) is 48.6 Å². The van der Waals surface area contributed by atoms with E-state index in [4.69, 9.17) is 18.9 Å². The van der Waals surface area contributed by atoms with E-state index in [2.05, 4.69) is 62.5 Å². The van der Waals surface area contributed by atoms with E-state index in [0.29, 0.717) is 17.4 Å². The van der Waals surface area contributed by atoms with E-state index in [0.717, 1.165) is 77.0 Å². The summed E-state index contributed by atoms with van der Waals surface area (Å²) in [5, 5.41) is 9.75. The lowest BCUT2D eigenvalue weighted by Crippen LogP contribution is -2.40. The number of carbonyl (C=O) groups excluding carboxylic acids is 2. The molecule has 0 aliphatic rings. The zero-order valence-corrected chi connectivity index (χ0v) is 57.7. The first-order valence-corrected chi connectivity index (χ1v) is 37.3. The molecule has 0 saturated heterocycles. The fourth-order valence-electron chi connectivity index (χ4n) is 11.2. The van der Waals surface area contributed by atoms with Crippen LogP contribution < -0.4 is 0 Å². The number of allylic oxidation sites excluding steroid dienone is 8. The Morgan fingerprint density at radius 3 is 0.988 bits per heavy atom. The summed E-state index contributed by atoms with van der Waals surface area (Å²) < 4.78 is 23.0. The minimum Gasteiger partial charge on any atom is -0.477 e. The lowest BCUT2D eigenvalue weighted by molar-refractivity contribution is -0.870. The van der Waals surface area contributed by atoms with Gasteiger partial charge in [-0.3, -0.25) is 9.59 Å². The Morgan fingerprint density at radius 1 is 0.360 bits per heavy atom. The number of unbranched alkanes of at least 4 members (excludes halogenated alkanes) is 47. The van der Waals surface area contributed by atoms with Gasteiger partial charge in [0.25, 0.3) is 6.29 Å². The lowest BCUT2D eigenvalue weighted by Gasteiger charge is -2.25. The van der Waals surface area contributed by atoms with Gasteiger partial charge in [-0.15, -0.1) is 0 Å². The van der Waals surface area contributed by atoms with Crippen LogP contribution in [0.2, 0.25) is 0 Å². The van der Waals surface area contributed by atoms with Crippen molar-refractivity contribution >= 4 is 17.9 Å². The average molecular weight is 1210 g/mol. The van der Waals surface area contributed by atoms with Crippen LogP contribution in [0.4, 0.5) is 0 Å². The van der Waals surface area contributed by atoms with Crippen LogP contribution in [-0.4, -0.2) is 87.4 Å². The lowest BCUT2D eigenvalue weighted by atomic mass is 10.0. The van der Waals surface area contributed by atoms with E-state index in [1.807, 2.05) is 21.1 Å². The van der Waals surface area contributed by atoms with Crippen molar-refractivity contribution in [2.45, 2.75) is 379 Å². The third kappa shape index (κ3) is 68.7. The molecule has 0 heterocycles. The summed E-state index contributed by atoms with van der Waals surface area (Å²) in [5.74, 6) is -1.99. The van der Waals surface area contributed by atoms with Crippen molar-refractivity contribution < 1.29 is 42.9 Å². The number of hydrogen-bond acceptors (Lipinski definition) is 7. The summed E-state index contributed by atoms with van der Waals surface area (Å²) in [7, 11) is 5.98. The Labute approximate surface area is 533 Å². The first-order chi connectivity index (χ1) is 42.1. The normalized spacial score (nSPS) is 12.9. The van der Waals surface area contributed by atoms with Crippen molar-refractivity contribution in [3.63, 3.8) is 0 Å². The van der Waals surface area contributed by atoms with Gasteiger partial charge in [-0.05, 0) is 51.4 Å². The maximum Gasteiger partial charge on any atom is 0.361 e. The number of carboxylic acid groups (broad SMARTS) is 1. The quantitative estimate of drug-likeness (QED) is 0.0211. The molecule has 86 heavy (non-hydrogen) atoms. The van der Waals surface area contributed by atoms with Gasteiger partial charge in [-0.1, -0.05) is 351 Å². The SMILES string of the molecule is CC/C=C\C/C=C\C/C=C\C/C=C\CCCCCCCCCCCCC(=O)OC(COC(=O)CCCCCCCCCCCCCCCCCCCCCCCCCCCCCCCCCCCCCCCC)COC(OCC[N+](C)(C)C)C(=O)O. The van der Waals surface area contributed by atoms with E-state index in [-0.39, 0.29) is 32.2 Å². The topological polar surface area (TPSA) is 108 Å². The molecule has 9 nitrogen and oxygen atoms in total. The highest BCUT2D eigenvalue weighted by Gasteiger charge is 2.25. The molecule has 0 aliphatic heterocycles. The summed E-state index contributed by atoms with van der Waals surface area (Å²) >= 11 is 0. The summed E-state index contributed by atoms with van der Waals surface area (Å²) in [6, 6.07) is 0. The molecule has 2 atom stereocenters. The van der Waals surface area contributed by atoms with Crippen LogP contribution in [0, 0.1) is 0 Å². The number of rotatable bonds is 70. The second kappa shape index (κ2) is 68.2. The molecule has 0 aromatic carbocycles. The van der Waals surface area contributed by atoms with Gasteiger partial charge >= 0.3 is 17.9 Å². The van der Waals surface area contributed by atoms with E-state index in [1.165, 1.54) is 263 Å². The zero-order chi connectivity index (χ0) is 62.6. The van der Waals surface area contributed by atoms with Gasteiger partial charge in [0.1, 0.15) is 13.2 Å². The van der Waals surface area contributed by atoms with Crippen LogP contribution in [0.1, 0.15) is 367 Å². The average Bonchev–Trinajstić information content (AvgIpc) is 3.64. The molecule has 2 unspecified atom stereocenters. The Hall–Kier alpha value is -2.75. The van der Waals surface area contributed by atoms with Crippen LogP contribution in [-0.2, 0) is 33.3 Å². The molecule has 0 fully saturated rings. The molecule has 0 bridgehead atoms. The van der Waals surface area contributed by atoms with Crippen LogP contribution >= 0.6 is 0 Å². The highest BCUT2D eigenvalue weighted by molar-refractivity contribution is 5.71.